The Morgan fingerprint density at radius 2 is 1.77 bits per heavy atom. The molecule has 138 valence electrons. The number of ether oxygens (including phenoxy) is 1. The number of likely N-dealkylation sites (N-methyl/N-ethyl adjacent to an activating group) is 1. The quantitative estimate of drug-likeness (QED) is 0.716. The van der Waals surface area contributed by atoms with Crippen molar-refractivity contribution < 1.29 is 14.3 Å². The Bertz CT molecular complexity index is 750. The Kier molecular flexibility index (Phi) is 7.48. The van der Waals surface area contributed by atoms with Crippen LogP contribution in [0, 0.1) is 0 Å². The van der Waals surface area contributed by atoms with E-state index < -0.39 is 6.04 Å². The van der Waals surface area contributed by atoms with Gasteiger partial charge in [-0.3, -0.25) is 9.59 Å². The van der Waals surface area contributed by atoms with Crippen LogP contribution in [-0.4, -0.2) is 36.4 Å². The fourth-order valence-corrected chi connectivity index (χ4v) is 2.73. The maximum Gasteiger partial charge on any atom is 0.261 e. The maximum atomic E-state index is 12.7. The van der Waals surface area contributed by atoms with Crippen LogP contribution < -0.4 is 10.1 Å². The smallest absolute Gasteiger partial charge is 0.261 e. The molecule has 0 saturated carbocycles. The average Bonchev–Trinajstić information content (AvgIpc) is 2.65. The summed E-state index contributed by atoms with van der Waals surface area (Å²) < 4.78 is 6.48. The molecule has 0 radical (unpaired) electrons. The largest absolute Gasteiger partial charge is 0.484 e. The van der Waals surface area contributed by atoms with Crippen LogP contribution in [0.15, 0.2) is 53.0 Å². The van der Waals surface area contributed by atoms with Crippen molar-refractivity contribution in [3.05, 3.63) is 63.6 Å². The minimum absolute atomic E-state index is 0.167. The van der Waals surface area contributed by atoms with Crippen LogP contribution >= 0.6 is 27.5 Å². The van der Waals surface area contributed by atoms with E-state index in [0.717, 1.165) is 10.0 Å². The highest BCUT2D eigenvalue weighted by atomic mass is 79.9. The molecule has 2 amide bonds. The molecule has 1 unspecified atom stereocenters. The third kappa shape index (κ3) is 5.75. The molecule has 2 rings (SSSR count). The van der Waals surface area contributed by atoms with E-state index in [-0.39, 0.29) is 18.4 Å². The molecule has 0 aliphatic heterocycles. The third-order valence-electron chi connectivity index (χ3n) is 3.86. The molecule has 1 atom stereocenters. The van der Waals surface area contributed by atoms with Crippen molar-refractivity contribution in [1.82, 2.24) is 10.2 Å². The van der Waals surface area contributed by atoms with Gasteiger partial charge in [-0.25, -0.2) is 0 Å². The normalized spacial score (nSPS) is 11.5. The first-order chi connectivity index (χ1) is 12.4. The van der Waals surface area contributed by atoms with Gasteiger partial charge in [-0.05, 0) is 48.9 Å². The number of hydrogen-bond acceptors (Lipinski definition) is 3. The Labute approximate surface area is 166 Å². The van der Waals surface area contributed by atoms with Gasteiger partial charge in [0.25, 0.3) is 5.91 Å². The van der Waals surface area contributed by atoms with E-state index in [9.17, 15) is 9.59 Å². The lowest BCUT2D eigenvalue weighted by Gasteiger charge is -2.28. The number of carbonyl (C=O) groups excluding carboxylic acids is 2. The Morgan fingerprint density at radius 3 is 2.35 bits per heavy atom. The zero-order valence-corrected chi connectivity index (χ0v) is 16.9. The van der Waals surface area contributed by atoms with Crippen molar-refractivity contribution in [3.8, 4) is 5.75 Å². The number of carbonyl (C=O) groups is 2. The third-order valence-corrected chi connectivity index (χ3v) is 4.64. The molecule has 0 aliphatic carbocycles. The number of nitrogens with zero attached hydrogens (tertiary/aromatic N) is 1. The summed E-state index contributed by atoms with van der Waals surface area (Å²) in [6.45, 7) is 1.84. The number of benzene rings is 2. The van der Waals surface area contributed by atoms with Crippen molar-refractivity contribution in [1.29, 1.82) is 0 Å². The molecule has 1 N–H and O–H groups in total. The molecule has 0 aliphatic rings. The minimum Gasteiger partial charge on any atom is -0.484 e. The van der Waals surface area contributed by atoms with Gasteiger partial charge in [0, 0.05) is 23.1 Å². The first-order valence-corrected chi connectivity index (χ1v) is 9.21. The van der Waals surface area contributed by atoms with Crippen molar-refractivity contribution in [3.63, 3.8) is 0 Å². The average molecular weight is 440 g/mol. The summed E-state index contributed by atoms with van der Waals surface area (Å²) in [5.41, 5.74) is 0.920. The van der Waals surface area contributed by atoms with E-state index >= 15 is 0 Å². The Hall–Kier alpha value is -2.05. The molecule has 5 nitrogen and oxygen atoms in total. The standard InChI is InChI=1S/C19H20BrClN2O3/c1-13(19(25)22-2)23(11-14-3-5-15(20)6-4-14)18(24)12-26-17-9-7-16(21)8-10-17/h3-10,13H,11-12H2,1-2H3,(H,22,25). The van der Waals surface area contributed by atoms with Gasteiger partial charge in [0.15, 0.2) is 6.61 Å². The molecular weight excluding hydrogens is 420 g/mol. The van der Waals surface area contributed by atoms with Crippen molar-refractivity contribution in [2.24, 2.45) is 0 Å². The van der Waals surface area contributed by atoms with Crippen LogP contribution in [0.5, 0.6) is 5.75 Å². The Morgan fingerprint density at radius 1 is 1.15 bits per heavy atom. The highest BCUT2D eigenvalue weighted by Gasteiger charge is 2.25. The van der Waals surface area contributed by atoms with Crippen molar-refractivity contribution >= 4 is 39.3 Å². The predicted molar refractivity (Wildman–Crippen MR) is 105 cm³/mol. The van der Waals surface area contributed by atoms with Gasteiger partial charge < -0.3 is 15.0 Å². The molecule has 0 spiro atoms. The van der Waals surface area contributed by atoms with E-state index in [4.69, 9.17) is 16.3 Å². The molecule has 0 aromatic heterocycles. The van der Waals surface area contributed by atoms with Crippen LogP contribution in [0.1, 0.15) is 12.5 Å². The molecule has 0 bridgehead atoms. The van der Waals surface area contributed by atoms with Crippen LogP contribution in [0.2, 0.25) is 5.02 Å². The van der Waals surface area contributed by atoms with Crippen LogP contribution in [0.4, 0.5) is 0 Å². The van der Waals surface area contributed by atoms with Crippen LogP contribution in [0.3, 0.4) is 0 Å². The molecule has 0 saturated heterocycles. The lowest BCUT2D eigenvalue weighted by molar-refractivity contribution is -0.142. The molecule has 26 heavy (non-hydrogen) atoms. The summed E-state index contributed by atoms with van der Waals surface area (Å²) in [6.07, 6.45) is 0. The van der Waals surface area contributed by atoms with E-state index in [2.05, 4.69) is 21.2 Å². The number of amides is 2. The summed E-state index contributed by atoms with van der Waals surface area (Å²) in [5, 5.41) is 3.17. The van der Waals surface area contributed by atoms with Gasteiger partial charge in [-0.15, -0.1) is 0 Å². The van der Waals surface area contributed by atoms with E-state index in [1.54, 1.807) is 38.2 Å². The van der Waals surface area contributed by atoms with Crippen LogP contribution in [0.25, 0.3) is 0 Å². The lowest BCUT2D eigenvalue weighted by atomic mass is 10.1. The lowest BCUT2D eigenvalue weighted by Crippen LogP contribution is -2.48. The zero-order chi connectivity index (χ0) is 19.1. The number of nitrogens with one attached hydrogen (secondary N) is 1. The number of halogens is 2. The molecule has 0 fully saturated rings. The molecular formula is C19H20BrClN2O3. The second kappa shape index (κ2) is 9.59. The van der Waals surface area contributed by atoms with Crippen molar-refractivity contribution in [2.75, 3.05) is 13.7 Å². The first-order valence-electron chi connectivity index (χ1n) is 8.04. The van der Waals surface area contributed by atoms with Gasteiger partial charge >= 0.3 is 0 Å². The maximum absolute atomic E-state index is 12.7. The fourth-order valence-electron chi connectivity index (χ4n) is 2.34. The van der Waals surface area contributed by atoms with Crippen molar-refractivity contribution in [2.45, 2.75) is 19.5 Å². The van der Waals surface area contributed by atoms with Gasteiger partial charge in [-0.2, -0.15) is 0 Å². The second-order valence-electron chi connectivity index (χ2n) is 5.68. The molecule has 0 heterocycles. The highest BCUT2D eigenvalue weighted by molar-refractivity contribution is 9.10. The van der Waals surface area contributed by atoms with Crippen LogP contribution in [-0.2, 0) is 16.1 Å². The van der Waals surface area contributed by atoms with E-state index in [1.165, 1.54) is 4.90 Å². The van der Waals surface area contributed by atoms with Gasteiger partial charge in [0.2, 0.25) is 5.91 Å². The predicted octanol–water partition coefficient (Wildman–Crippen LogP) is 3.64. The minimum atomic E-state index is -0.620. The Balaban J connectivity index is 2.10. The molecule has 2 aromatic carbocycles. The van der Waals surface area contributed by atoms with E-state index in [1.807, 2.05) is 24.3 Å². The summed E-state index contributed by atoms with van der Waals surface area (Å²) in [6, 6.07) is 13.7. The first kappa shape index (κ1) is 20.3. The number of rotatable bonds is 7. The monoisotopic (exact) mass is 438 g/mol. The topological polar surface area (TPSA) is 58.6 Å². The molecule has 7 heteroatoms. The fraction of sp³-hybridized carbons (Fsp3) is 0.263. The summed E-state index contributed by atoms with van der Waals surface area (Å²) in [4.78, 5) is 26.2. The summed E-state index contributed by atoms with van der Waals surface area (Å²) in [5.74, 6) is 0.0276. The highest BCUT2D eigenvalue weighted by Crippen LogP contribution is 2.17. The van der Waals surface area contributed by atoms with Gasteiger partial charge in [-0.1, -0.05) is 39.7 Å². The SMILES string of the molecule is CNC(=O)C(C)N(Cc1ccc(Br)cc1)C(=O)COc1ccc(Cl)cc1. The summed E-state index contributed by atoms with van der Waals surface area (Å²) in [7, 11) is 1.55. The van der Waals surface area contributed by atoms with Gasteiger partial charge in [0.1, 0.15) is 11.8 Å². The van der Waals surface area contributed by atoms with E-state index in [0.29, 0.717) is 17.3 Å². The zero-order valence-electron chi connectivity index (χ0n) is 14.5. The summed E-state index contributed by atoms with van der Waals surface area (Å²) >= 11 is 9.23. The molecule has 2 aromatic rings. The second-order valence-corrected chi connectivity index (χ2v) is 7.03. The van der Waals surface area contributed by atoms with Gasteiger partial charge in [0.05, 0.1) is 0 Å². The number of hydrogen-bond donors (Lipinski definition) is 1.